The number of morpholine rings is 1. The number of methoxy groups -OCH3 is 1. The predicted molar refractivity (Wildman–Crippen MR) is 106 cm³/mol. The average Bonchev–Trinajstić information content (AvgIpc) is 2.75. The number of nitrogens with zero attached hydrogens (tertiary/aromatic N) is 1. The molecule has 9 heteroatoms. The monoisotopic (exact) mass is 407 g/mol. The summed E-state index contributed by atoms with van der Waals surface area (Å²) in [6, 6.07) is 6.33. The maximum Gasteiger partial charge on any atom is 0.319 e. The number of hydrogen-bond acceptors (Lipinski definition) is 6. The number of ether oxygens (including phenoxy) is 3. The van der Waals surface area contributed by atoms with E-state index in [0.717, 1.165) is 0 Å². The molecule has 0 bridgehead atoms. The molecule has 0 aliphatic carbocycles. The minimum atomic E-state index is -0.553. The molecule has 2 saturated heterocycles. The third-order valence-corrected chi connectivity index (χ3v) is 5.21. The fourth-order valence-corrected chi connectivity index (χ4v) is 3.62. The SMILES string of the molecule is COc1cccc(NC(=O)N[C@@H]2CC[C@@H](CC(=O)N3CCOCC3)O[C@@H]2CO)c1. The first-order valence-electron chi connectivity index (χ1n) is 9.92. The van der Waals surface area contributed by atoms with Gasteiger partial charge < -0.3 is 34.9 Å². The molecule has 2 heterocycles. The normalized spacial score (nSPS) is 24.6. The molecule has 9 nitrogen and oxygen atoms in total. The van der Waals surface area contributed by atoms with Crippen molar-refractivity contribution in [3.63, 3.8) is 0 Å². The summed E-state index contributed by atoms with van der Waals surface area (Å²) in [5.41, 5.74) is 0.605. The molecule has 2 aliphatic heterocycles. The summed E-state index contributed by atoms with van der Waals surface area (Å²) < 4.78 is 16.3. The number of nitrogens with one attached hydrogen (secondary N) is 2. The van der Waals surface area contributed by atoms with Crippen molar-refractivity contribution in [3.8, 4) is 5.75 Å². The number of carbonyl (C=O) groups is 2. The van der Waals surface area contributed by atoms with Gasteiger partial charge in [0.05, 0.1) is 45.5 Å². The quantitative estimate of drug-likeness (QED) is 0.649. The highest BCUT2D eigenvalue weighted by atomic mass is 16.5. The lowest BCUT2D eigenvalue weighted by Gasteiger charge is -2.37. The van der Waals surface area contributed by atoms with Gasteiger partial charge in [-0.2, -0.15) is 0 Å². The van der Waals surface area contributed by atoms with Gasteiger partial charge in [-0.1, -0.05) is 6.07 Å². The van der Waals surface area contributed by atoms with Crippen molar-refractivity contribution in [1.82, 2.24) is 10.2 Å². The Bertz CT molecular complexity index is 695. The van der Waals surface area contributed by atoms with Crippen LogP contribution in [0.1, 0.15) is 19.3 Å². The van der Waals surface area contributed by atoms with Crippen LogP contribution in [0.2, 0.25) is 0 Å². The van der Waals surface area contributed by atoms with Gasteiger partial charge in [0.1, 0.15) is 11.9 Å². The van der Waals surface area contributed by atoms with Gasteiger partial charge >= 0.3 is 6.03 Å². The van der Waals surface area contributed by atoms with E-state index < -0.39 is 6.10 Å². The average molecular weight is 407 g/mol. The summed E-state index contributed by atoms with van der Waals surface area (Å²) in [7, 11) is 1.56. The van der Waals surface area contributed by atoms with Crippen molar-refractivity contribution in [2.75, 3.05) is 45.3 Å². The van der Waals surface area contributed by atoms with E-state index in [1.165, 1.54) is 0 Å². The van der Waals surface area contributed by atoms with Gasteiger partial charge in [0.2, 0.25) is 5.91 Å². The molecule has 0 spiro atoms. The molecule has 160 valence electrons. The fraction of sp³-hybridized carbons (Fsp3) is 0.600. The summed E-state index contributed by atoms with van der Waals surface area (Å²) in [5.74, 6) is 0.682. The maximum absolute atomic E-state index is 12.4. The Morgan fingerprint density at radius 1 is 1.28 bits per heavy atom. The Balaban J connectivity index is 1.48. The minimum Gasteiger partial charge on any atom is -0.497 e. The lowest BCUT2D eigenvalue weighted by molar-refractivity contribution is -0.143. The smallest absolute Gasteiger partial charge is 0.319 e. The first kappa shape index (κ1) is 21.4. The van der Waals surface area contributed by atoms with Crippen LogP contribution in [0, 0.1) is 0 Å². The second kappa shape index (κ2) is 10.4. The van der Waals surface area contributed by atoms with Gasteiger partial charge in [-0.15, -0.1) is 0 Å². The van der Waals surface area contributed by atoms with Crippen molar-refractivity contribution in [3.05, 3.63) is 24.3 Å². The number of aliphatic hydroxyl groups excluding tert-OH is 1. The standard InChI is InChI=1S/C20H29N3O6/c1-27-15-4-2-3-14(11-15)21-20(26)22-17-6-5-16(29-18(17)13-24)12-19(25)23-7-9-28-10-8-23/h2-4,11,16-18,24H,5-10,12-13H2,1H3,(H2,21,22,26)/t16-,17+,18+/m0/s1. The van der Waals surface area contributed by atoms with Crippen LogP contribution in [-0.4, -0.2) is 80.2 Å². The minimum absolute atomic E-state index is 0.0390. The van der Waals surface area contributed by atoms with Crippen LogP contribution in [0.5, 0.6) is 5.75 Å². The number of carbonyl (C=O) groups excluding carboxylic acids is 2. The highest BCUT2D eigenvalue weighted by Gasteiger charge is 2.33. The van der Waals surface area contributed by atoms with Gasteiger partial charge in [-0.3, -0.25) is 4.79 Å². The maximum atomic E-state index is 12.4. The molecule has 1 aromatic carbocycles. The molecule has 3 amide bonds. The highest BCUT2D eigenvalue weighted by molar-refractivity contribution is 5.89. The molecule has 3 rings (SSSR count). The Morgan fingerprint density at radius 3 is 2.79 bits per heavy atom. The van der Waals surface area contributed by atoms with Crippen molar-refractivity contribution < 1.29 is 28.9 Å². The van der Waals surface area contributed by atoms with Gasteiger partial charge in [0.25, 0.3) is 0 Å². The van der Waals surface area contributed by atoms with Crippen LogP contribution in [0.15, 0.2) is 24.3 Å². The molecular formula is C20H29N3O6. The van der Waals surface area contributed by atoms with Crippen LogP contribution in [-0.2, 0) is 14.3 Å². The molecule has 2 aliphatic rings. The van der Waals surface area contributed by atoms with Crippen molar-refractivity contribution >= 4 is 17.6 Å². The number of hydrogen-bond donors (Lipinski definition) is 3. The van der Waals surface area contributed by atoms with Crippen LogP contribution >= 0.6 is 0 Å². The summed E-state index contributed by atoms with van der Waals surface area (Å²) in [6.07, 6.45) is 0.720. The van der Waals surface area contributed by atoms with E-state index in [9.17, 15) is 14.7 Å². The van der Waals surface area contributed by atoms with Gasteiger partial charge in [0.15, 0.2) is 0 Å². The Labute approximate surface area is 170 Å². The third kappa shape index (κ3) is 6.06. The van der Waals surface area contributed by atoms with Crippen molar-refractivity contribution in [2.24, 2.45) is 0 Å². The number of benzene rings is 1. The van der Waals surface area contributed by atoms with Gasteiger partial charge in [-0.05, 0) is 25.0 Å². The lowest BCUT2D eigenvalue weighted by Crippen LogP contribution is -2.52. The number of urea groups is 1. The Kier molecular flexibility index (Phi) is 7.68. The van der Waals surface area contributed by atoms with Crippen LogP contribution in [0.3, 0.4) is 0 Å². The first-order chi connectivity index (χ1) is 14.1. The van der Waals surface area contributed by atoms with E-state index in [0.29, 0.717) is 50.6 Å². The number of rotatable bonds is 6. The van der Waals surface area contributed by atoms with E-state index >= 15 is 0 Å². The van der Waals surface area contributed by atoms with Gasteiger partial charge in [-0.25, -0.2) is 4.79 Å². The Hall–Kier alpha value is -2.36. The number of anilines is 1. The molecule has 3 N–H and O–H groups in total. The van der Waals surface area contributed by atoms with E-state index in [2.05, 4.69) is 10.6 Å². The lowest BCUT2D eigenvalue weighted by atomic mass is 9.97. The topological polar surface area (TPSA) is 109 Å². The number of amides is 3. The molecule has 0 saturated carbocycles. The Morgan fingerprint density at radius 2 is 2.07 bits per heavy atom. The second-order valence-corrected chi connectivity index (χ2v) is 7.19. The third-order valence-electron chi connectivity index (χ3n) is 5.21. The zero-order valence-corrected chi connectivity index (χ0v) is 16.6. The fourth-order valence-electron chi connectivity index (χ4n) is 3.62. The molecule has 29 heavy (non-hydrogen) atoms. The summed E-state index contributed by atoms with van der Waals surface area (Å²) in [5, 5.41) is 15.3. The van der Waals surface area contributed by atoms with E-state index in [1.54, 1.807) is 36.3 Å². The second-order valence-electron chi connectivity index (χ2n) is 7.19. The molecule has 1 aromatic rings. The molecule has 0 radical (unpaired) electrons. The van der Waals surface area contributed by atoms with Crippen molar-refractivity contribution in [2.45, 2.75) is 37.5 Å². The predicted octanol–water partition coefficient (Wildman–Crippen LogP) is 0.974. The zero-order valence-electron chi connectivity index (χ0n) is 16.6. The summed E-state index contributed by atoms with van der Waals surface area (Å²) in [6.45, 7) is 2.09. The molecule has 3 atom stereocenters. The zero-order chi connectivity index (χ0) is 20.6. The van der Waals surface area contributed by atoms with Crippen molar-refractivity contribution in [1.29, 1.82) is 0 Å². The largest absolute Gasteiger partial charge is 0.497 e. The summed E-state index contributed by atoms with van der Waals surface area (Å²) in [4.78, 5) is 26.5. The first-order valence-corrected chi connectivity index (χ1v) is 9.92. The van der Waals surface area contributed by atoms with Crippen LogP contribution in [0.4, 0.5) is 10.5 Å². The van der Waals surface area contributed by atoms with E-state index in [-0.39, 0.29) is 37.1 Å². The van der Waals surface area contributed by atoms with E-state index in [4.69, 9.17) is 14.2 Å². The van der Waals surface area contributed by atoms with Crippen LogP contribution < -0.4 is 15.4 Å². The number of aliphatic hydroxyl groups is 1. The van der Waals surface area contributed by atoms with Crippen LogP contribution in [0.25, 0.3) is 0 Å². The van der Waals surface area contributed by atoms with Gasteiger partial charge in [0, 0.05) is 24.8 Å². The van der Waals surface area contributed by atoms with E-state index in [1.807, 2.05) is 0 Å². The molecule has 0 unspecified atom stereocenters. The summed E-state index contributed by atoms with van der Waals surface area (Å²) >= 11 is 0. The molecular weight excluding hydrogens is 378 g/mol. The molecule has 2 fully saturated rings. The molecule has 0 aromatic heterocycles. The highest BCUT2D eigenvalue weighted by Crippen LogP contribution is 2.23.